The van der Waals surface area contributed by atoms with Crippen molar-refractivity contribution in [3.8, 4) is 0 Å². The topological polar surface area (TPSA) is 104 Å². The molecule has 9 nitrogen and oxygen atoms in total. The molecule has 0 aliphatic carbocycles. The van der Waals surface area contributed by atoms with Gasteiger partial charge in [-0.15, -0.1) is 0 Å². The van der Waals surface area contributed by atoms with Crippen LogP contribution < -0.4 is 10.6 Å². The van der Waals surface area contributed by atoms with Gasteiger partial charge in [0.15, 0.2) is 24.0 Å². The normalized spacial score (nSPS) is 33.8. The Morgan fingerprint density at radius 2 is 1.55 bits per heavy atom. The van der Waals surface area contributed by atoms with E-state index in [2.05, 4.69) is 10.6 Å². The van der Waals surface area contributed by atoms with Gasteiger partial charge in [0.1, 0.15) is 24.4 Å². The Morgan fingerprint density at radius 1 is 0.935 bits per heavy atom. The number of fused-ring (bicyclic) bond motifs is 3. The number of benzene rings is 1. The molecule has 6 atom stereocenters. The highest BCUT2D eigenvalue weighted by molar-refractivity contribution is 5.98. The third kappa shape index (κ3) is 4.47. The van der Waals surface area contributed by atoms with E-state index in [1.165, 1.54) is 0 Å². The molecule has 31 heavy (non-hydrogen) atoms. The molecule has 0 unspecified atom stereocenters. The number of anilines is 1. The number of carbonyl (C=O) groups is 2. The van der Waals surface area contributed by atoms with Gasteiger partial charge in [-0.3, -0.25) is 9.59 Å². The van der Waals surface area contributed by atoms with E-state index in [0.29, 0.717) is 5.69 Å². The first-order valence-electron chi connectivity index (χ1n) is 10.5. The third-order valence-corrected chi connectivity index (χ3v) is 5.57. The fourth-order valence-corrected chi connectivity index (χ4v) is 4.14. The zero-order valence-electron chi connectivity index (χ0n) is 18.6. The van der Waals surface area contributed by atoms with E-state index in [0.717, 1.165) is 5.56 Å². The summed E-state index contributed by atoms with van der Waals surface area (Å²) < 4.78 is 29.7. The Labute approximate surface area is 181 Å². The van der Waals surface area contributed by atoms with Crippen LogP contribution in [-0.2, 0) is 33.3 Å². The van der Waals surface area contributed by atoms with Crippen molar-refractivity contribution in [1.82, 2.24) is 5.32 Å². The zero-order chi connectivity index (χ0) is 22.6. The lowest BCUT2D eigenvalue weighted by molar-refractivity contribution is -0.231. The standard InChI is InChI=1S/C22H30N2O7/c1-11-9-7-8-10-13(11)24-18(25)12(2)23-19(26)16-14-15(29-21(3,4)28-14)17-20(27-16)31-22(5,6)30-17/h7-10,12,14-17,20H,1-6H3,(H,23,26)(H,24,25)/t12-,14-,15-,16+,17-,20+/m0/s1. The molecule has 0 saturated carbocycles. The maximum Gasteiger partial charge on any atom is 0.252 e. The van der Waals surface area contributed by atoms with Gasteiger partial charge in [-0.1, -0.05) is 18.2 Å². The summed E-state index contributed by atoms with van der Waals surface area (Å²) in [4.78, 5) is 25.7. The quantitative estimate of drug-likeness (QED) is 0.745. The summed E-state index contributed by atoms with van der Waals surface area (Å²) in [6, 6.07) is 6.64. The second-order valence-electron chi connectivity index (χ2n) is 9.12. The van der Waals surface area contributed by atoms with Crippen LogP contribution >= 0.6 is 0 Å². The number of carbonyl (C=O) groups excluding carboxylic acids is 2. The second kappa shape index (κ2) is 7.83. The van der Waals surface area contributed by atoms with Gasteiger partial charge in [0.05, 0.1) is 0 Å². The van der Waals surface area contributed by atoms with Crippen LogP contribution in [0.5, 0.6) is 0 Å². The van der Waals surface area contributed by atoms with Crippen LogP contribution in [0.15, 0.2) is 24.3 Å². The molecule has 170 valence electrons. The summed E-state index contributed by atoms with van der Waals surface area (Å²) >= 11 is 0. The van der Waals surface area contributed by atoms with E-state index in [4.69, 9.17) is 23.7 Å². The lowest BCUT2D eigenvalue weighted by Gasteiger charge is -2.36. The van der Waals surface area contributed by atoms with Crippen LogP contribution in [0.1, 0.15) is 40.2 Å². The van der Waals surface area contributed by atoms with Crippen molar-refractivity contribution in [1.29, 1.82) is 0 Å². The van der Waals surface area contributed by atoms with Crippen molar-refractivity contribution < 1.29 is 33.3 Å². The summed E-state index contributed by atoms with van der Waals surface area (Å²) in [5, 5.41) is 5.55. The molecule has 0 bridgehead atoms. The molecule has 1 aromatic carbocycles. The minimum atomic E-state index is -1.01. The third-order valence-electron chi connectivity index (χ3n) is 5.57. The average molecular weight is 434 g/mol. The predicted octanol–water partition coefficient (Wildman–Crippen LogP) is 1.83. The molecular formula is C22H30N2O7. The maximum atomic E-state index is 13.1. The highest BCUT2D eigenvalue weighted by atomic mass is 16.9. The van der Waals surface area contributed by atoms with E-state index >= 15 is 0 Å². The van der Waals surface area contributed by atoms with E-state index in [1.807, 2.05) is 31.2 Å². The van der Waals surface area contributed by atoms with Gasteiger partial charge in [0, 0.05) is 5.69 Å². The molecule has 3 saturated heterocycles. The van der Waals surface area contributed by atoms with E-state index in [1.54, 1.807) is 34.6 Å². The van der Waals surface area contributed by atoms with Crippen LogP contribution in [-0.4, -0.2) is 60.1 Å². The van der Waals surface area contributed by atoms with Gasteiger partial charge in [0.2, 0.25) is 5.91 Å². The molecule has 0 aromatic heterocycles. The summed E-state index contributed by atoms with van der Waals surface area (Å²) in [7, 11) is 0. The fourth-order valence-electron chi connectivity index (χ4n) is 4.14. The number of hydrogen-bond donors (Lipinski definition) is 2. The number of hydrogen-bond acceptors (Lipinski definition) is 7. The molecule has 2 N–H and O–H groups in total. The summed E-state index contributed by atoms with van der Waals surface area (Å²) in [5.74, 6) is -2.59. The van der Waals surface area contributed by atoms with Crippen LogP contribution in [0.25, 0.3) is 0 Å². The van der Waals surface area contributed by atoms with Gasteiger partial charge < -0.3 is 34.3 Å². The van der Waals surface area contributed by atoms with Crippen molar-refractivity contribution in [3.05, 3.63) is 29.8 Å². The minimum Gasteiger partial charge on any atom is -0.342 e. The van der Waals surface area contributed by atoms with Gasteiger partial charge in [-0.25, -0.2) is 0 Å². The second-order valence-corrected chi connectivity index (χ2v) is 9.12. The largest absolute Gasteiger partial charge is 0.342 e. The number of ether oxygens (including phenoxy) is 5. The lowest BCUT2D eigenvalue weighted by atomic mass is 9.98. The predicted molar refractivity (Wildman–Crippen MR) is 110 cm³/mol. The summed E-state index contributed by atoms with van der Waals surface area (Å²) in [6.45, 7) is 10.6. The highest BCUT2D eigenvalue weighted by Gasteiger charge is 2.62. The van der Waals surface area contributed by atoms with E-state index < -0.39 is 54.2 Å². The molecule has 0 spiro atoms. The molecule has 3 aliphatic heterocycles. The average Bonchev–Trinajstić information content (AvgIpc) is 3.16. The van der Waals surface area contributed by atoms with Crippen molar-refractivity contribution in [2.45, 2.75) is 89.9 Å². The molecule has 0 radical (unpaired) electrons. The highest BCUT2D eigenvalue weighted by Crippen LogP contribution is 2.44. The number of rotatable bonds is 4. The minimum absolute atomic E-state index is 0.335. The first kappa shape index (κ1) is 22.2. The molecule has 3 heterocycles. The maximum absolute atomic E-state index is 13.1. The number of aryl methyl sites for hydroxylation is 1. The Bertz CT molecular complexity index is 871. The lowest BCUT2D eigenvalue weighted by Crippen LogP contribution is -2.60. The van der Waals surface area contributed by atoms with Crippen LogP contribution in [0.4, 0.5) is 5.69 Å². The number of para-hydroxylation sites is 1. The molecule has 2 amide bonds. The molecule has 4 rings (SSSR count). The van der Waals surface area contributed by atoms with Gasteiger partial charge in [0.25, 0.3) is 5.91 Å². The van der Waals surface area contributed by atoms with Gasteiger partial charge in [-0.05, 0) is 53.2 Å². The molecule has 9 heteroatoms. The van der Waals surface area contributed by atoms with E-state index in [-0.39, 0.29) is 5.91 Å². The molecule has 1 aromatic rings. The van der Waals surface area contributed by atoms with Crippen molar-refractivity contribution in [2.24, 2.45) is 0 Å². The number of amides is 2. The summed E-state index contributed by atoms with van der Waals surface area (Å²) in [6.07, 6.45) is -3.55. The van der Waals surface area contributed by atoms with Gasteiger partial charge in [-0.2, -0.15) is 0 Å². The zero-order valence-corrected chi connectivity index (χ0v) is 18.6. The fraction of sp³-hybridized carbons (Fsp3) is 0.636. The summed E-state index contributed by atoms with van der Waals surface area (Å²) in [5.41, 5.74) is 1.62. The van der Waals surface area contributed by atoms with Crippen LogP contribution in [0.2, 0.25) is 0 Å². The first-order valence-corrected chi connectivity index (χ1v) is 10.5. The van der Waals surface area contributed by atoms with Crippen molar-refractivity contribution >= 4 is 17.5 Å². The molecule has 3 fully saturated rings. The van der Waals surface area contributed by atoms with Gasteiger partial charge >= 0.3 is 0 Å². The van der Waals surface area contributed by atoms with Crippen molar-refractivity contribution in [3.63, 3.8) is 0 Å². The Morgan fingerprint density at radius 3 is 2.26 bits per heavy atom. The van der Waals surface area contributed by atoms with Crippen molar-refractivity contribution in [2.75, 3.05) is 5.32 Å². The smallest absolute Gasteiger partial charge is 0.252 e. The first-order chi connectivity index (χ1) is 14.5. The Kier molecular flexibility index (Phi) is 5.60. The Hall–Kier alpha value is -2.04. The Balaban J connectivity index is 1.46. The van der Waals surface area contributed by atoms with Crippen LogP contribution in [0, 0.1) is 6.92 Å². The number of nitrogens with one attached hydrogen (secondary N) is 2. The molecular weight excluding hydrogens is 404 g/mol. The molecule has 3 aliphatic rings. The van der Waals surface area contributed by atoms with E-state index in [9.17, 15) is 9.59 Å². The SMILES string of the molecule is Cc1ccccc1NC(=O)[C@H](C)NC(=O)[C@@H]1O[C@@H]2OC(C)(C)O[C@H]2[C@H]2OC(C)(C)O[C@@H]21. The van der Waals surface area contributed by atoms with Crippen LogP contribution in [0.3, 0.4) is 0 Å². The monoisotopic (exact) mass is 434 g/mol.